The summed E-state index contributed by atoms with van der Waals surface area (Å²) in [4.78, 5) is 17.9. The van der Waals surface area contributed by atoms with Crippen molar-refractivity contribution in [1.82, 2.24) is 30.1 Å². The number of aliphatic carboxylic acids is 1. The first-order valence-electron chi connectivity index (χ1n) is 8.31. The van der Waals surface area contributed by atoms with Crippen LogP contribution >= 0.6 is 11.6 Å². The van der Waals surface area contributed by atoms with Gasteiger partial charge in [0.05, 0.1) is 23.2 Å². The molecule has 28 heavy (non-hydrogen) atoms. The standard InChI is InChI=1S/C17H14ClFN6O3/c18-11-5-14(19)16(20-6-11)28-13-3-1-12(2-4-13)25-22-15(21-23-25)9-24-7-10(8-24)17(26)27/h1-6,10H,7-9H2,(H,26,27). The molecular weight excluding hydrogens is 391 g/mol. The van der Waals surface area contributed by atoms with E-state index in [2.05, 4.69) is 20.4 Å². The van der Waals surface area contributed by atoms with Crippen molar-refractivity contribution in [3.8, 4) is 17.3 Å². The Morgan fingerprint density at radius 1 is 1.32 bits per heavy atom. The van der Waals surface area contributed by atoms with Crippen molar-refractivity contribution in [3.63, 3.8) is 0 Å². The molecule has 144 valence electrons. The minimum Gasteiger partial charge on any atom is -0.481 e. The number of likely N-dealkylation sites (tertiary alicyclic amines) is 1. The van der Waals surface area contributed by atoms with Crippen molar-refractivity contribution < 1.29 is 19.0 Å². The summed E-state index contributed by atoms with van der Waals surface area (Å²) in [5.74, 6) is -1.07. The summed E-state index contributed by atoms with van der Waals surface area (Å²) in [6.07, 6.45) is 1.30. The predicted molar refractivity (Wildman–Crippen MR) is 94.8 cm³/mol. The predicted octanol–water partition coefficient (Wildman–Crippen LogP) is 2.16. The third-order valence-corrected chi connectivity index (χ3v) is 4.39. The van der Waals surface area contributed by atoms with Crippen molar-refractivity contribution in [2.75, 3.05) is 13.1 Å². The molecule has 0 aliphatic carbocycles. The summed E-state index contributed by atoms with van der Waals surface area (Å²) in [6.45, 7) is 1.39. The van der Waals surface area contributed by atoms with Gasteiger partial charge in [-0.15, -0.1) is 15.0 Å². The molecule has 1 aliphatic heterocycles. The van der Waals surface area contributed by atoms with Gasteiger partial charge in [-0.3, -0.25) is 9.69 Å². The van der Waals surface area contributed by atoms with Crippen LogP contribution in [0, 0.1) is 11.7 Å². The van der Waals surface area contributed by atoms with Crippen LogP contribution < -0.4 is 4.74 Å². The Balaban J connectivity index is 1.39. The Kier molecular flexibility index (Phi) is 4.88. The second kappa shape index (κ2) is 7.49. The highest BCUT2D eigenvalue weighted by Crippen LogP contribution is 2.24. The Morgan fingerprint density at radius 3 is 2.75 bits per heavy atom. The average Bonchev–Trinajstić information content (AvgIpc) is 3.09. The van der Waals surface area contributed by atoms with Crippen LogP contribution in [0.5, 0.6) is 11.6 Å². The SMILES string of the molecule is O=C(O)C1CN(Cc2nnn(-c3ccc(Oc4ncc(Cl)cc4F)cc3)n2)C1. The molecule has 11 heteroatoms. The van der Waals surface area contributed by atoms with E-state index in [4.69, 9.17) is 21.4 Å². The summed E-state index contributed by atoms with van der Waals surface area (Å²) < 4.78 is 19.1. The monoisotopic (exact) mass is 404 g/mol. The highest BCUT2D eigenvalue weighted by Gasteiger charge is 2.33. The molecule has 0 atom stereocenters. The summed E-state index contributed by atoms with van der Waals surface area (Å²) >= 11 is 5.67. The molecule has 0 spiro atoms. The molecule has 9 nitrogen and oxygen atoms in total. The van der Waals surface area contributed by atoms with Gasteiger partial charge in [-0.1, -0.05) is 11.6 Å². The van der Waals surface area contributed by atoms with Gasteiger partial charge in [0.25, 0.3) is 5.88 Å². The number of hydrogen-bond acceptors (Lipinski definition) is 7. The van der Waals surface area contributed by atoms with Gasteiger partial charge in [-0.25, -0.2) is 9.37 Å². The van der Waals surface area contributed by atoms with E-state index in [1.165, 1.54) is 11.0 Å². The fraction of sp³-hybridized carbons (Fsp3) is 0.235. The van der Waals surface area contributed by atoms with Gasteiger partial charge >= 0.3 is 5.97 Å². The van der Waals surface area contributed by atoms with Crippen LogP contribution in [0.4, 0.5) is 4.39 Å². The highest BCUT2D eigenvalue weighted by molar-refractivity contribution is 6.30. The smallest absolute Gasteiger partial charge is 0.309 e. The van der Waals surface area contributed by atoms with E-state index in [9.17, 15) is 9.18 Å². The molecule has 0 amide bonds. The van der Waals surface area contributed by atoms with Gasteiger partial charge < -0.3 is 9.84 Å². The van der Waals surface area contributed by atoms with Gasteiger partial charge in [0.15, 0.2) is 11.6 Å². The van der Waals surface area contributed by atoms with E-state index >= 15 is 0 Å². The second-order valence-corrected chi connectivity index (χ2v) is 6.70. The second-order valence-electron chi connectivity index (χ2n) is 6.26. The lowest BCUT2D eigenvalue weighted by molar-refractivity contribution is -0.147. The Labute approximate surface area is 163 Å². The van der Waals surface area contributed by atoms with Crippen LogP contribution in [-0.4, -0.2) is 54.3 Å². The first-order chi connectivity index (χ1) is 13.5. The summed E-state index contributed by atoms with van der Waals surface area (Å²) in [5, 5.41) is 21.3. The number of tetrazole rings is 1. The minimum absolute atomic E-state index is 0.174. The van der Waals surface area contributed by atoms with E-state index < -0.39 is 11.8 Å². The number of pyridine rings is 1. The van der Waals surface area contributed by atoms with Crippen molar-refractivity contribution in [2.45, 2.75) is 6.54 Å². The van der Waals surface area contributed by atoms with Gasteiger partial charge in [0.1, 0.15) is 5.75 Å². The average molecular weight is 405 g/mol. The zero-order valence-electron chi connectivity index (χ0n) is 14.4. The topological polar surface area (TPSA) is 106 Å². The van der Waals surface area contributed by atoms with Crippen LogP contribution in [0.1, 0.15) is 5.82 Å². The number of carboxylic acids is 1. The molecule has 0 radical (unpaired) electrons. The molecule has 0 saturated carbocycles. The lowest BCUT2D eigenvalue weighted by atomic mass is 10.0. The lowest BCUT2D eigenvalue weighted by Gasteiger charge is -2.35. The molecule has 1 N–H and O–H groups in total. The van der Waals surface area contributed by atoms with Crippen LogP contribution in [0.15, 0.2) is 36.5 Å². The largest absolute Gasteiger partial charge is 0.481 e. The number of hydrogen-bond donors (Lipinski definition) is 1. The number of benzene rings is 1. The highest BCUT2D eigenvalue weighted by atomic mass is 35.5. The number of carboxylic acid groups (broad SMARTS) is 1. The number of halogens is 2. The molecule has 0 unspecified atom stereocenters. The quantitative estimate of drug-likeness (QED) is 0.666. The molecule has 3 heterocycles. The number of rotatable bonds is 6. The minimum atomic E-state index is -0.788. The zero-order chi connectivity index (χ0) is 19.7. The summed E-state index contributed by atoms with van der Waals surface area (Å²) in [6, 6.07) is 7.76. The molecule has 1 saturated heterocycles. The van der Waals surface area contributed by atoms with Crippen molar-refractivity contribution in [1.29, 1.82) is 0 Å². The first-order valence-corrected chi connectivity index (χ1v) is 8.69. The number of nitrogens with zero attached hydrogens (tertiary/aromatic N) is 6. The fourth-order valence-corrected chi connectivity index (χ4v) is 2.85. The van der Waals surface area contributed by atoms with Gasteiger partial charge in [-0.2, -0.15) is 0 Å². The Bertz CT molecular complexity index is 1010. The van der Waals surface area contributed by atoms with Gasteiger partial charge in [-0.05, 0) is 35.5 Å². The maximum absolute atomic E-state index is 13.7. The number of carbonyl (C=O) groups is 1. The van der Waals surface area contributed by atoms with Crippen molar-refractivity contribution >= 4 is 17.6 Å². The molecule has 4 rings (SSSR count). The van der Waals surface area contributed by atoms with Crippen LogP contribution in [-0.2, 0) is 11.3 Å². The molecule has 1 aromatic carbocycles. The van der Waals surface area contributed by atoms with E-state index in [0.29, 0.717) is 36.9 Å². The van der Waals surface area contributed by atoms with Crippen LogP contribution in [0.3, 0.4) is 0 Å². The molecule has 0 bridgehead atoms. The Morgan fingerprint density at radius 2 is 2.07 bits per heavy atom. The van der Waals surface area contributed by atoms with Crippen LogP contribution in [0.25, 0.3) is 5.69 Å². The number of aromatic nitrogens is 5. The van der Waals surface area contributed by atoms with E-state index in [-0.39, 0.29) is 16.8 Å². The molecular formula is C17H14ClFN6O3. The Hall–Kier alpha value is -3.11. The summed E-state index contributed by atoms with van der Waals surface area (Å²) in [7, 11) is 0. The maximum atomic E-state index is 13.7. The van der Waals surface area contributed by atoms with Gasteiger partial charge in [0, 0.05) is 19.3 Å². The van der Waals surface area contributed by atoms with E-state index in [1.54, 1.807) is 24.3 Å². The van der Waals surface area contributed by atoms with Gasteiger partial charge in [0.2, 0.25) is 0 Å². The van der Waals surface area contributed by atoms with Crippen molar-refractivity contribution in [2.24, 2.45) is 5.92 Å². The van der Waals surface area contributed by atoms with Crippen LogP contribution in [0.2, 0.25) is 5.02 Å². The maximum Gasteiger partial charge on any atom is 0.309 e. The normalized spacial score (nSPS) is 14.6. The number of ether oxygens (including phenoxy) is 1. The summed E-state index contributed by atoms with van der Waals surface area (Å²) in [5.41, 5.74) is 0.641. The molecule has 3 aromatic rings. The molecule has 1 fully saturated rings. The zero-order valence-corrected chi connectivity index (χ0v) is 15.1. The molecule has 2 aromatic heterocycles. The third kappa shape index (κ3) is 3.92. The van der Waals surface area contributed by atoms with E-state index in [1.807, 2.05) is 4.90 Å². The van der Waals surface area contributed by atoms with E-state index in [0.717, 1.165) is 6.07 Å². The van der Waals surface area contributed by atoms with Crippen molar-refractivity contribution in [3.05, 3.63) is 53.2 Å². The lowest BCUT2D eigenvalue weighted by Crippen LogP contribution is -2.49. The fourth-order valence-electron chi connectivity index (χ4n) is 2.71. The first kappa shape index (κ1) is 18.3. The molecule has 1 aliphatic rings. The third-order valence-electron chi connectivity index (χ3n) is 4.18.